The van der Waals surface area contributed by atoms with Gasteiger partial charge in [0.2, 0.25) is 4.96 Å². The third kappa shape index (κ3) is 3.56. The summed E-state index contributed by atoms with van der Waals surface area (Å²) in [6.45, 7) is 1.80. The molecule has 0 atom stereocenters. The Hall–Kier alpha value is -3.27. The van der Waals surface area contributed by atoms with Crippen molar-refractivity contribution in [1.82, 2.24) is 29.4 Å². The van der Waals surface area contributed by atoms with Crippen LogP contribution in [-0.2, 0) is 0 Å². The van der Waals surface area contributed by atoms with E-state index in [1.807, 2.05) is 23.6 Å². The summed E-state index contributed by atoms with van der Waals surface area (Å²) >= 11 is 13.8. The van der Waals surface area contributed by atoms with Crippen molar-refractivity contribution in [3.8, 4) is 17.1 Å². The summed E-state index contributed by atoms with van der Waals surface area (Å²) in [6.07, 6.45) is 3.16. The second-order valence-electron chi connectivity index (χ2n) is 6.57. The summed E-state index contributed by atoms with van der Waals surface area (Å²) in [5.74, 6) is 0.448. The van der Waals surface area contributed by atoms with Crippen LogP contribution in [0.1, 0.15) is 16.1 Å². The molecule has 0 aliphatic heterocycles. The van der Waals surface area contributed by atoms with Gasteiger partial charge in [-0.1, -0.05) is 29.3 Å². The number of carbonyl (C=O) groups excluding carboxylic acids is 1. The molecule has 4 aromatic heterocycles. The average molecular weight is 470 g/mol. The molecule has 0 bridgehead atoms. The summed E-state index contributed by atoms with van der Waals surface area (Å²) in [6, 6.07) is 10.7. The lowest BCUT2D eigenvalue weighted by Gasteiger charge is -2.04. The van der Waals surface area contributed by atoms with Crippen molar-refractivity contribution < 1.29 is 4.79 Å². The Balaban J connectivity index is 1.44. The van der Waals surface area contributed by atoms with Crippen molar-refractivity contribution in [2.75, 3.05) is 5.32 Å². The van der Waals surface area contributed by atoms with Gasteiger partial charge < -0.3 is 0 Å². The van der Waals surface area contributed by atoms with Gasteiger partial charge in [-0.3, -0.25) is 10.1 Å². The molecular formula is C20H13Cl2N7OS. The van der Waals surface area contributed by atoms with E-state index >= 15 is 0 Å². The molecule has 0 fully saturated rings. The smallest absolute Gasteiger partial charge is 0.261 e. The molecule has 0 spiro atoms. The maximum absolute atomic E-state index is 12.8. The third-order valence-corrected chi connectivity index (χ3v) is 6.01. The first kappa shape index (κ1) is 19.7. The first-order valence-corrected chi connectivity index (χ1v) is 10.7. The van der Waals surface area contributed by atoms with Crippen LogP contribution in [0.3, 0.4) is 0 Å². The number of carbonyl (C=O) groups is 1. The number of anilines is 1. The van der Waals surface area contributed by atoms with Crippen molar-refractivity contribution in [3.63, 3.8) is 0 Å². The number of thiazole rings is 1. The molecule has 5 rings (SSSR count). The first-order chi connectivity index (χ1) is 15.0. The van der Waals surface area contributed by atoms with Gasteiger partial charge >= 0.3 is 0 Å². The van der Waals surface area contributed by atoms with E-state index in [4.69, 9.17) is 23.2 Å². The summed E-state index contributed by atoms with van der Waals surface area (Å²) < 4.78 is 3.23. The number of aromatic nitrogens is 6. The monoisotopic (exact) mass is 469 g/mol. The number of amides is 1. The van der Waals surface area contributed by atoms with Gasteiger partial charge in [0.25, 0.3) is 11.9 Å². The van der Waals surface area contributed by atoms with Gasteiger partial charge in [0.15, 0.2) is 5.82 Å². The molecule has 4 heterocycles. The lowest BCUT2D eigenvalue weighted by Crippen LogP contribution is -2.14. The van der Waals surface area contributed by atoms with Crippen LogP contribution >= 0.6 is 34.5 Å². The van der Waals surface area contributed by atoms with Crippen molar-refractivity contribution in [1.29, 1.82) is 0 Å². The van der Waals surface area contributed by atoms with E-state index in [0.29, 0.717) is 32.1 Å². The topological polar surface area (TPSA) is 90.0 Å². The predicted molar refractivity (Wildman–Crippen MR) is 120 cm³/mol. The van der Waals surface area contributed by atoms with Gasteiger partial charge in [-0.15, -0.1) is 16.4 Å². The van der Waals surface area contributed by atoms with E-state index in [-0.39, 0.29) is 11.9 Å². The van der Waals surface area contributed by atoms with Crippen LogP contribution in [0.2, 0.25) is 10.0 Å². The molecule has 1 N–H and O–H groups in total. The number of rotatable bonds is 4. The molecular weight excluding hydrogens is 457 g/mol. The first-order valence-electron chi connectivity index (χ1n) is 9.08. The maximum Gasteiger partial charge on any atom is 0.261 e. The Morgan fingerprint density at radius 2 is 2.06 bits per heavy atom. The van der Waals surface area contributed by atoms with Gasteiger partial charge in [0.1, 0.15) is 0 Å². The fourth-order valence-corrected chi connectivity index (χ4v) is 4.33. The Morgan fingerprint density at radius 3 is 2.87 bits per heavy atom. The molecule has 31 heavy (non-hydrogen) atoms. The highest BCUT2D eigenvalue weighted by Crippen LogP contribution is 2.33. The van der Waals surface area contributed by atoms with E-state index in [1.54, 1.807) is 40.5 Å². The van der Waals surface area contributed by atoms with Crippen LogP contribution in [0.15, 0.2) is 54.2 Å². The standard InChI is InChI=1S/C20H13Cl2N7OS/c1-11-14(9-24-28(11)17-4-2-3-7-23-17)18(30)25-19-26-20-29(27-19)16(10-31-20)13-8-12(21)5-6-15(13)22/h2-10H,1H3,(H,25,27,30). The lowest BCUT2D eigenvalue weighted by molar-refractivity contribution is 0.102. The fraction of sp³-hybridized carbons (Fsp3) is 0.0500. The lowest BCUT2D eigenvalue weighted by atomic mass is 10.2. The van der Waals surface area contributed by atoms with E-state index < -0.39 is 0 Å². The van der Waals surface area contributed by atoms with Crippen LogP contribution < -0.4 is 5.32 Å². The number of halogens is 2. The van der Waals surface area contributed by atoms with Crippen molar-refractivity contribution in [2.24, 2.45) is 0 Å². The number of nitrogens with zero attached hydrogens (tertiary/aromatic N) is 6. The van der Waals surface area contributed by atoms with Gasteiger partial charge in [-0.25, -0.2) is 14.2 Å². The van der Waals surface area contributed by atoms with E-state index in [1.165, 1.54) is 17.5 Å². The highest BCUT2D eigenvalue weighted by molar-refractivity contribution is 7.15. The summed E-state index contributed by atoms with van der Waals surface area (Å²) in [7, 11) is 0. The molecule has 8 nitrogen and oxygen atoms in total. The molecule has 0 aliphatic carbocycles. The molecule has 154 valence electrons. The highest BCUT2D eigenvalue weighted by atomic mass is 35.5. The Bertz CT molecular complexity index is 1420. The zero-order valence-electron chi connectivity index (χ0n) is 16.0. The van der Waals surface area contributed by atoms with E-state index in [9.17, 15) is 4.79 Å². The van der Waals surface area contributed by atoms with Crippen molar-refractivity contribution in [2.45, 2.75) is 6.92 Å². The molecule has 1 amide bonds. The largest absolute Gasteiger partial charge is 0.289 e. The summed E-state index contributed by atoms with van der Waals surface area (Å²) in [4.78, 5) is 22.1. The third-order valence-electron chi connectivity index (χ3n) is 4.63. The van der Waals surface area contributed by atoms with Gasteiger partial charge in [0.05, 0.1) is 28.2 Å². The second-order valence-corrected chi connectivity index (χ2v) is 8.25. The minimum atomic E-state index is -0.361. The molecule has 0 aliphatic rings. The summed E-state index contributed by atoms with van der Waals surface area (Å²) in [5.41, 5.74) is 2.53. The molecule has 11 heteroatoms. The Morgan fingerprint density at radius 1 is 1.19 bits per heavy atom. The zero-order valence-corrected chi connectivity index (χ0v) is 18.3. The van der Waals surface area contributed by atoms with Crippen LogP contribution in [0.5, 0.6) is 0 Å². The number of pyridine rings is 1. The molecule has 0 radical (unpaired) electrons. The predicted octanol–water partition coefficient (Wildman–Crippen LogP) is 4.91. The molecule has 0 saturated carbocycles. The minimum Gasteiger partial charge on any atom is -0.289 e. The van der Waals surface area contributed by atoms with Crippen molar-refractivity contribution in [3.05, 3.63) is 75.5 Å². The molecule has 1 aromatic carbocycles. The second kappa shape index (κ2) is 7.77. The fourth-order valence-electron chi connectivity index (χ4n) is 3.13. The van der Waals surface area contributed by atoms with Crippen LogP contribution in [0.4, 0.5) is 5.95 Å². The molecule has 0 saturated heterocycles. The van der Waals surface area contributed by atoms with Crippen LogP contribution in [0.25, 0.3) is 22.0 Å². The normalized spacial score (nSPS) is 11.2. The van der Waals surface area contributed by atoms with Crippen LogP contribution in [-0.4, -0.2) is 35.3 Å². The molecule has 0 unspecified atom stereocenters. The quantitative estimate of drug-likeness (QED) is 0.403. The van der Waals surface area contributed by atoms with Crippen LogP contribution in [0, 0.1) is 6.92 Å². The minimum absolute atomic E-state index is 0.182. The number of fused-ring (bicyclic) bond motifs is 1. The number of hydrogen-bond acceptors (Lipinski definition) is 6. The Kier molecular flexibility index (Phi) is 4.93. The highest BCUT2D eigenvalue weighted by Gasteiger charge is 2.19. The SMILES string of the molecule is Cc1c(C(=O)Nc2nc3scc(-c4cc(Cl)ccc4Cl)n3n2)cnn1-c1ccccn1. The summed E-state index contributed by atoms with van der Waals surface area (Å²) in [5, 5.41) is 14.4. The maximum atomic E-state index is 12.8. The number of benzene rings is 1. The number of hydrogen-bond donors (Lipinski definition) is 1. The number of nitrogens with one attached hydrogen (secondary N) is 1. The zero-order chi connectivity index (χ0) is 21.5. The van der Waals surface area contributed by atoms with Gasteiger partial charge in [-0.2, -0.15) is 10.1 Å². The van der Waals surface area contributed by atoms with E-state index in [2.05, 4.69) is 25.5 Å². The van der Waals surface area contributed by atoms with Gasteiger partial charge in [-0.05, 0) is 37.3 Å². The molecule has 5 aromatic rings. The average Bonchev–Trinajstić information content (AvgIpc) is 3.44. The van der Waals surface area contributed by atoms with Crippen molar-refractivity contribution >= 4 is 51.4 Å². The van der Waals surface area contributed by atoms with Gasteiger partial charge in [0, 0.05) is 22.2 Å². The van der Waals surface area contributed by atoms with E-state index in [0.717, 1.165) is 11.3 Å². The Labute approximate surface area is 190 Å².